The molecule has 0 radical (unpaired) electrons. The number of ether oxygens (including phenoxy) is 1. The fourth-order valence-electron chi connectivity index (χ4n) is 2.09. The van der Waals surface area contributed by atoms with E-state index in [9.17, 15) is 13.2 Å². The van der Waals surface area contributed by atoms with Crippen LogP contribution < -0.4 is 4.89 Å². The van der Waals surface area contributed by atoms with Gasteiger partial charge >= 0.3 is 5.97 Å². The summed E-state index contributed by atoms with van der Waals surface area (Å²) in [5.41, 5.74) is 1.24. The van der Waals surface area contributed by atoms with Crippen LogP contribution in [0.15, 0.2) is 41.3 Å². The van der Waals surface area contributed by atoms with Gasteiger partial charge in [-0.15, -0.1) is 0 Å². The maximum absolute atomic E-state index is 12.0. The van der Waals surface area contributed by atoms with Gasteiger partial charge < -0.3 is 9.94 Å². The molecule has 0 fully saturated rings. The Bertz CT molecular complexity index is 719. The summed E-state index contributed by atoms with van der Waals surface area (Å²) in [5, 5.41) is 8.87. The smallest absolute Gasteiger partial charge is 0.337 e. The predicted octanol–water partition coefficient (Wildman–Crippen LogP) is 1.87. The van der Waals surface area contributed by atoms with Crippen molar-refractivity contribution in [3.63, 3.8) is 0 Å². The van der Waals surface area contributed by atoms with Crippen molar-refractivity contribution in [1.29, 1.82) is 0 Å². The summed E-state index contributed by atoms with van der Waals surface area (Å²) in [5.74, 6) is -0.649. The van der Waals surface area contributed by atoms with Gasteiger partial charge in [-0.3, -0.25) is 0 Å². The van der Waals surface area contributed by atoms with Gasteiger partial charge in [0.1, 0.15) is 0 Å². The van der Waals surface area contributed by atoms with Gasteiger partial charge in [0.25, 0.3) is 10.0 Å². The highest BCUT2D eigenvalue weighted by Crippen LogP contribution is 2.28. The third-order valence-corrected chi connectivity index (χ3v) is 4.28. The lowest BCUT2D eigenvalue weighted by Crippen LogP contribution is -2.21. The summed E-state index contributed by atoms with van der Waals surface area (Å²) >= 11 is 0. The van der Waals surface area contributed by atoms with Crippen LogP contribution in [0.2, 0.25) is 0 Å². The van der Waals surface area contributed by atoms with Crippen LogP contribution in [0, 0.1) is 0 Å². The second-order valence-electron chi connectivity index (χ2n) is 4.44. The highest BCUT2D eigenvalue weighted by Gasteiger charge is 2.22. The maximum atomic E-state index is 12.0. The summed E-state index contributed by atoms with van der Waals surface area (Å²) in [6.07, 6.45) is 7.35. The Morgan fingerprint density at radius 2 is 2.10 bits per heavy atom. The molecule has 0 heterocycles. The quantitative estimate of drug-likeness (QED) is 0.654. The van der Waals surface area contributed by atoms with Crippen LogP contribution in [0.4, 0.5) is 0 Å². The second-order valence-corrected chi connectivity index (χ2v) is 6.07. The van der Waals surface area contributed by atoms with E-state index in [0.717, 1.165) is 18.4 Å². The second kappa shape index (κ2) is 6.21. The molecule has 0 aromatic heterocycles. The molecule has 0 unspecified atom stereocenters. The number of allylic oxidation sites excluding steroid dienone is 4. The Balaban J connectivity index is 2.63. The summed E-state index contributed by atoms with van der Waals surface area (Å²) in [7, 11) is -2.91. The lowest BCUT2D eigenvalue weighted by Gasteiger charge is -2.13. The molecule has 0 saturated carbocycles. The van der Waals surface area contributed by atoms with Crippen LogP contribution >= 0.6 is 0 Å². The van der Waals surface area contributed by atoms with Crippen LogP contribution in [0.3, 0.4) is 0 Å². The van der Waals surface area contributed by atoms with Gasteiger partial charge in [-0.1, -0.05) is 29.2 Å². The predicted molar refractivity (Wildman–Crippen MR) is 76.2 cm³/mol. The number of methoxy groups -OCH3 is 1. The molecule has 112 valence electrons. The van der Waals surface area contributed by atoms with Crippen molar-refractivity contribution in [2.45, 2.75) is 17.7 Å². The first kappa shape index (κ1) is 15.4. The van der Waals surface area contributed by atoms with Crippen molar-refractivity contribution >= 4 is 21.6 Å². The van der Waals surface area contributed by atoms with Crippen molar-refractivity contribution in [2.24, 2.45) is 0 Å². The molecule has 0 atom stereocenters. The van der Waals surface area contributed by atoms with Gasteiger partial charge in [-0.2, -0.15) is 0 Å². The van der Waals surface area contributed by atoms with Crippen molar-refractivity contribution in [2.75, 3.05) is 7.11 Å². The summed E-state index contributed by atoms with van der Waals surface area (Å²) < 4.78 is 28.5. The normalized spacial score (nSPS) is 14.7. The zero-order chi connectivity index (χ0) is 15.5. The third kappa shape index (κ3) is 3.21. The van der Waals surface area contributed by atoms with Crippen molar-refractivity contribution in [3.05, 3.63) is 47.6 Å². The fourth-order valence-corrected chi connectivity index (χ4v) is 2.95. The van der Waals surface area contributed by atoms with Gasteiger partial charge in [0.15, 0.2) is 0 Å². The first-order valence-corrected chi connectivity index (χ1v) is 7.73. The van der Waals surface area contributed by atoms with Gasteiger partial charge in [-0.25, -0.2) is 13.2 Å². The Kier molecular flexibility index (Phi) is 4.56. The van der Waals surface area contributed by atoms with Crippen molar-refractivity contribution < 1.29 is 23.2 Å². The van der Waals surface area contributed by atoms with Gasteiger partial charge in [0.05, 0.1) is 17.6 Å². The number of carbonyl (C=O) groups is 1. The van der Waals surface area contributed by atoms with E-state index in [-0.39, 0.29) is 10.5 Å². The number of sulfonamides is 1. The summed E-state index contributed by atoms with van der Waals surface area (Å²) in [4.78, 5) is 12.7. The molecule has 0 aliphatic heterocycles. The number of carbonyl (C=O) groups excluding carboxylic acids is 1. The molecular formula is C14H15NO5S. The lowest BCUT2D eigenvalue weighted by molar-refractivity contribution is 0.0600. The first-order valence-electron chi connectivity index (χ1n) is 6.25. The Morgan fingerprint density at radius 1 is 1.33 bits per heavy atom. The molecule has 2 N–H and O–H groups in total. The van der Waals surface area contributed by atoms with Gasteiger partial charge in [-0.05, 0) is 30.5 Å². The molecule has 21 heavy (non-hydrogen) atoms. The van der Waals surface area contributed by atoms with Crippen LogP contribution in [0.1, 0.15) is 28.8 Å². The molecule has 1 aromatic rings. The van der Waals surface area contributed by atoms with E-state index in [1.807, 2.05) is 18.2 Å². The number of benzene rings is 1. The van der Waals surface area contributed by atoms with Crippen LogP contribution in [0.5, 0.6) is 0 Å². The number of nitrogens with one attached hydrogen (secondary N) is 1. The minimum absolute atomic E-state index is 0.0930. The molecule has 0 spiro atoms. The molecule has 1 aliphatic rings. The SMILES string of the molecule is COC(=O)c1ccc(C2=CCCC=C2)c(S(=O)(=O)NO)c1. The standard InChI is InChI=1S/C14H15NO5S/c1-20-14(16)11-7-8-12(10-5-3-2-4-6-10)13(9-11)21(18,19)15-17/h3,5-9,15,17H,2,4H2,1H3. The minimum atomic E-state index is -4.12. The molecule has 7 heteroatoms. The van der Waals surface area contributed by atoms with E-state index in [2.05, 4.69) is 4.74 Å². The third-order valence-electron chi connectivity index (χ3n) is 3.12. The molecular weight excluding hydrogens is 294 g/mol. The number of rotatable bonds is 4. The Morgan fingerprint density at radius 3 is 2.67 bits per heavy atom. The molecule has 6 nitrogen and oxygen atoms in total. The number of esters is 1. The number of hydrogen-bond donors (Lipinski definition) is 2. The van der Waals surface area contributed by atoms with E-state index in [1.165, 1.54) is 30.2 Å². The Labute approximate surface area is 122 Å². The Hall–Kier alpha value is -1.96. The first-order chi connectivity index (χ1) is 9.99. The molecule has 0 saturated heterocycles. The zero-order valence-electron chi connectivity index (χ0n) is 11.4. The average molecular weight is 309 g/mol. The van der Waals surface area contributed by atoms with Crippen LogP contribution in [0.25, 0.3) is 5.57 Å². The van der Waals surface area contributed by atoms with E-state index in [1.54, 1.807) is 0 Å². The molecule has 0 bridgehead atoms. The highest BCUT2D eigenvalue weighted by molar-refractivity contribution is 7.89. The van der Waals surface area contributed by atoms with E-state index >= 15 is 0 Å². The van der Waals surface area contributed by atoms with Crippen LogP contribution in [-0.2, 0) is 14.8 Å². The zero-order valence-corrected chi connectivity index (χ0v) is 12.2. The van der Waals surface area contributed by atoms with Gasteiger partial charge in [0, 0.05) is 5.56 Å². The average Bonchev–Trinajstić information content (AvgIpc) is 2.54. The monoisotopic (exact) mass is 309 g/mol. The van der Waals surface area contributed by atoms with Crippen LogP contribution in [-0.4, -0.2) is 26.7 Å². The highest BCUT2D eigenvalue weighted by atomic mass is 32.2. The molecule has 1 aliphatic carbocycles. The van der Waals surface area contributed by atoms with E-state index in [0.29, 0.717) is 5.56 Å². The maximum Gasteiger partial charge on any atom is 0.337 e. The lowest BCUT2D eigenvalue weighted by atomic mass is 9.98. The minimum Gasteiger partial charge on any atom is -0.465 e. The van der Waals surface area contributed by atoms with Gasteiger partial charge in [0.2, 0.25) is 0 Å². The van der Waals surface area contributed by atoms with Crippen molar-refractivity contribution in [3.8, 4) is 0 Å². The summed E-state index contributed by atoms with van der Waals surface area (Å²) in [6.45, 7) is 0. The van der Waals surface area contributed by atoms with E-state index < -0.39 is 16.0 Å². The number of hydrogen-bond acceptors (Lipinski definition) is 5. The molecule has 0 amide bonds. The summed E-state index contributed by atoms with van der Waals surface area (Å²) in [6, 6.07) is 4.20. The fraction of sp³-hybridized carbons (Fsp3) is 0.214. The molecule has 1 aromatic carbocycles. The van der Waals surface area contributed by atoms with Crippen molar-refractivity contribution in [1.82, 2.24) is 4.89 Å². The molecule has 2 rings (SSSR count). The van der Waals surface area contributed by atoms with E-state index in [4.69, 9.17) is 5.21 Å². The topological polar surface area (TPSA) is 92.7 Å². The largest absolute Gasteiger partial charge is 0.465 e.